The Bertz CT molecular complexity index is 3130. The maximum absolute atomic E-state index is 2.52. The zero-order valence-electron chi connectivity index (χ0n) is 30.8. The van der Waals surface area contributed by atoms with Gasteiger partial charge in [-0.25, -0.2) is 0 Å². The van der Waals surface area contributed by atoms with E-state index in [1.807, 2.05) is 11.3 Å². The first-order chi connectivity index (χ1) is 27.0. The molecule has 55 heavy (non-hydrogen) atoms. The van der Waals surface area contributed by atoms with Crippen molar-refractivity contribution in [3.8, 4) is 33.4 Å². The fraction of sp³-hybridized carbons (Fsp3) is 0.0566. The molecule has 0 spiro atoms. The SMILES string of the molecule is CC1(C)c2ccccc2-c2c(N(c3ccc(-c4cc5ccccc5cc4-c4ccc5ccccc5c4)cc3)c3cccc4c3sc3ccccc34)cccc21. The summed E-state index contributed by atoms with van der Waals surface area (Å²) in [6, 6.07) is 69.7. The minimum absolute atomic E-state index is 0.101. The topological polar surface area (TPSA) is 3.24 Å². The lowest BCUT2D eigenvalue weighted by molar-refractivity contribution is 0.660. The Morgan fingerprint density at radius 1 is 0.418 bits per heavy atom. The second-order valence-corrected chi connectivity index (χ2v) is 16.4. The number of hydrogen-bond donors (Lipinski definition) is 0. The van der Waals surface area contributed by atoms with Crippen LogP contribution in [-0.4, -0.2) is 0 Å². The average molecular weight is 720 g/mol. The summed E-state index contributed by atoms with van der Waals surface area (Å²) in [5.74, 6) is 0. The van der Waals surface area contributed by atoms with Crippen molar-refractivity contribution < 1.29 is 0 Å². The summed E-state index contributed by atoms with van der Waals surface area (Å²) >= 11 is 1.88. The van der Waals surface area contributed by atoms with Crippen LogP contribution in [0.3, 0.4) is 0 Å². The standard InChI is InChI=1S/C53H37NS/c1-53(2)46-20-9-7-18-43(46)51-47(53)21-12-22-48(51)54(49-23-11-19-42-41-17-8-10-24-50(41)55-52(42)49)40-29-27-35(28-30-40)44-32-37-15-5-6-16-38(37)33-45(44)39-26-25-34-13-3-4-14-36(34)31-39/h3-33H,1-2H3. The van der Waals surface area contributed by atoms with E-state index in [2.05, 4.69) is 207 Å². The van der Waals surface area contributed by atoms with E-state index in [4.69, 9.17) is 0 Å². The highest BCUT2D eigenvalue weighted by atomic mass is 32.1. The first-order valence-electron chi connectivity index (χ1n) is 19.1. The first-order valence-corrected chi connectivity index (χ1v) is 19.9. The predicted molar refractivity (Wildman–Crippen MR) is 237 cm³/mol. The normalized spacial score (nSPS) is 13.1. The summed E-state index contributed by atoms with van der Waals surface area (Å²) in [5.41, 5.74) is 13.7. The molecule has 0 unspecified atom stereocenters. The van der Waals surface area contributed by atoms with Crippen molar-refractivity contribution in [1.82, 2.24) is 0 Å². The van der Waals surface area contributed by atoms with Crippen LogP contribution in [0.15, 0.2) is 188 Å². The van der Waals surface area contributed by atoms with Crippen LogP contribution >= 0.6 is 11.3 Å². The summed E-state index contributed by atoms with van der Waals surface area (Å²) in [5, 5.41) is 7.59. The van der Waals surface area contributed by atoms with Crippen LogP contribution in [0.25, 0.3) is 75.1 Å². The van der Waals surface area contributed by atoms with Crippen LogP contribution in [0.2, 0.25) is 0 Å². The summed E-state index contributed by atoms with van der Waals surface area (Å²) in [7, 11) is 0. The van der Waals surface area contributed by atoms with E-state index < -0.39 is 0 Å². The molecule has 0 saturated heterocycles. The molecular weight excluding hydrogens is 683 g/mol. The fourth-order valence-corrected chi connectivity index (χ4v) is 10.3. The Labute approximate surface area is 325 Å². The quantitative estimate of drug-likeness (QED) is 0.171. The smallest absolute Gasteiger partial charge is 0.0640 e. The molecule has 0 N–H and O–H groups in total. The Morgan fingerprint density at radius 3 is 1.80 bits per heavy atom. The van der Waals surface area contributed by atoms with Gasteiger partial charge in [-0.2, -0.15) is 0 Å². The van der Waals surface area contributed by atoms with Gasteiger partial charge < -0.3 is 4.90 Å². The van der Waals surface area contributed by atoms with E-state index >= 15 is 0 Å². The van der Waals surface area contributed by atoms with Crippen LogP contribution in [0.4, 0.5) is 17.1 Å². The van der Waals surface area contributed by atoms with Crippen LogP contribution in [0, 0.1) is 0 Å². The fourth-order valence-electron chi connectivity index (χ4n) is 9.10. The molecule has 0 radical (unpaired) electrons. The van der Waals surface area contributed by atoms with Crippen LogP contribution < -0.4 is 4.90 Å². The molecule has 2 heteroatoms. The minimum atomic E-state index is -0.101. The van der Waals surface area contributed by atoms with Gasteiger partial charge >= 0.3 is 0 Å². The van der Waals surface area contributed by atoms with Crippen molar-refractivity contribution >= 4 is 70.1 Å². The van der Waals surface area contributed by atoms with Crippen LogP contribution in [0.1, 0.15) is 25.0 Å². The van der Waals surface area contributed by atoms with Gasteiger partial charge in [-0.05, 0) is 109 Å². The van der Waals surface area contributed by atoms with Gasteiger partial charge in [0.05, 0.1) is 16.1 Å². The molecular formula is C53H37NS. The Hall–Kier alpha value is -6.48. The van der Waals surface area contributed by atoms with Gasteiger partial charge in [0.25, 0.3) is 0 Å². The Morgan fingerprint density at radius 2 is 1.00 bits per heavy atom. The highest BCUT2D eigenvalue weighted by Gasteiger charge is 2.38. The number of benzene rings is 9. The summed E-state index contributed by atoms with van der Waals surface area (Å²) in [6.07, 6.45) is 0. The number of thiophene rings is 1. The van der Waals surface area contributed by atoms with E-state index in [0.717, 1.165) is 5.69 Å². The molecule has 0 saturated carbocycles. The molecule has 0 aliphatic heterocycles. The Balaban J connectivity index is 1.13. The van der Waals surface area contributed by atoms with Crippen molar-refractivity contribution in [2.75, 3.05) is 4.90 Å². The number of nitrogens with zero attached hydrogens (tertiary/aromatic N) is 1. The number of rotatable bonds is 5. The molecule has 0 bridgehead atoms. The number of hydrogen-bond acceptors (Lipinski definition) is 2. The molecule has 260 valence electrons. The van der Waals surface area contributed by atoms with Gasteiger partial charge in [0.15, 0.2) is 0 Å². The lowest BCUT2D eigenvalue weighted by Gasteiger charge is -2.29. The molecule has 9 aromatic carbocycles. The highest BCUT2D eigenvalue weighted by molar-refractivity contribution is 7.26. The molecule has 0 fully saturated rings. The van der Waals surface area contributed by atoms with Crippen molar-refractivity contribution in [3.63, 3.8) is 0 Å². The lowest BCUT2D eigenvalue weighted by atomic mass is 9.82. The maximum atomic E-state index is 2.52. The van der Waals surface area contributed by atoms with Gasteiger partial charge in [0.1, 0.15) is 0 Å². The molecule has 0 amide bonds. The monoisotopic (exact) mass is 719 g/mol. The number of anilines is 3. The summed E-state index contributed by atoms with van der Waals surface area (Å²) in [6.45, 7) is 4.73. The van der Waals surface area contributed by atoms with E-state index in [9.17, 15) is 0 Å². The molecule has 1 aliphatic carbocycles. The van der Waals surface area contributed by atoms with Gasteiger partial charge in [0.2, 0.25) is 0 Å². The third kappa shape index (κ3) is 4.99. The first kappa shape index (κ1) is 32.0. The second-order valence-electron chi connectivity index (χ2n) is 15.3. The van der Waals surface area contributed by atoms with E-state index in [-0.39, 0.29) is 5.41 Å². The van der Waals surface area contributed by atoms with Crippen molar-refractivity contribution in [2.45, 2.75) is 19.3 Å². The molecule has 1 aromatic heterocycles. The van der Waals surface area contributed by atoms with Crippen molar-refractivity contribution in [3.05, 3.63) is 199 Å². The molecule has 1 heterocycles. The van der Waals surface area contributed by atoms with Crippen LogP contribution in [-0.2, 0) is 5.41 Å². The molecule has 1 aliphatic rings. The molecule has 1 nitrogen and oxygen atoms in total. The molecule has 10 aromatic rings. The maximum Gasteiger partial charge on any atom is 0.0640 e. The van der Waals surface area contributed by atoms with E-state index in [1.54, 1.807) is 0 Å². The summed E-state index contributed by atoms with van der Waals surface area (Å²) < 4.78 is 2.60. The zero-order chi connectivity index (χ0) is 36.7. The average Bonchev–Trinajstić information content (AvgIpc) is 3.73. The van der Waals surface area contributed by atoms with Gasteiger partial charge in [-0.15, -0.1) is 11.3 Å². The lowest BCUT2D eigenvalue weighted by Crippen LogP contribution is -2.16. The van der Waals surface area contributed by atoms with Crippen molar-refractivity contribution in [2.24, 2.45) is 0 Å². The minimum Gasteiger partial charge on any atom is -0.308 e. The van der Waals surface area contributed by atoms with Gasteiger partial charge in [0, 0.05) is 32.1 Å². The largest absolute Gasteiger partial charge is 0.308 e. The Kier molecular flexibility index (Phi) is 7.14. The predicted octanol–water partition coefficient (Wildman–Crippen LogP) is 15.5. The van der Waals surface area contributed by atoms with E-state index in [1.165, 1.54) is 97.6 Å². The second kappa shape index (κ2) is 12.3. The molecule has 11 rings (SSSR count). The van der Waals surface area contributed by atoms with Gasteiger partial charge in [-0.1, -0.05) is 153 Å². The van der Waals surface area contributed by atoms with Crippen molar-refractivity contribution in [1.29, 1.82) is 0 Å². The third-order valence-electron chi connectivity index (χ3n) is 11.8. The zero-order valence-corrected chi connectivity index (χ0v) is 31.6. The van der Waals surface area contributed by atoms with E-state index in [0.29, 0.717) is 0 Å². The molecule has 0 atom stereocenters. The summed E-state index contributed by atoms with van der Waals surface area (Å²) in [4.78, 5) is 2.52. The third-order valence-corrected chi connectivity index (χ3v) is 13.0. The van der Waals surface area contributed by atoms with Crippen LogP contribution in [0.5, 0.6) is 0 Å². The van der Waals surface area contributed by atoms with Gasteiger partial charge in [-0.3, -0.25) is 0 Å². The number of fused-ring (bicyclic) bond motifs is 8. The highest BCUT2D eigenvalue weighted by Crippen LogP contribution is 2.55.